The molecule has 0 saturated carbocycles. The van der Waals surface area contributed by atoms with Crippen molar-refractivity contribution in [3.05, 3.63) is 24.3 Å². The van der Waals surface area contributed by atoms with E-state index in [4.69, 9.17) is 4.74 Å². The molecule has 1 heterocycles. The molecule has 0 spiro atoms. The van der Waals surface area contributed by atoms with Crippen LogP contribution in [-0.4, -0.2) is 30.2 Å². The van der Waals surface area contributed by atoms with Gasteiger partial charge in [-0.05, 0) is 12.5 Å². The highest BCUT2D eigenvalue weighted by atomic mass is 16.5. The number of nitrogens with zero attached hydrogens (tertiary/aromatic N) is 2. The Morgan fingerprint density at radius 2 is 1.81 bits per heavy atom. The summed E-state index contributed by atoms with van der Waals surface area (Å²) in [5.41, 5.74) is 1.10. The van der Waals surface area contributed by atoms with Gasteiger partial charge in [-0.15, -0.1) is 0 Å². The fourth-order valence-corrected chi connectivity index (χ4v) is 1.95. The molecule has 0 fully saturated rings. The van der Waals surface area contributed by atoms with Crippen LogP contribution in [0.25, 0.3) is 0 Å². The van der Waals surface area contributed by atoms with Crippen molar-refractivity contribution in [1.29, 1.82) is 0 Å². The second-order valence-electron chi connectivity index (χ2n) is 4.96. The molecule has 0 bridgehead atoms. The second-order valence-corrected chi connectivity index (χ2v) is 4.96. The van der Waals surface area contributed by atoms with Gasteiger partial charge in [0.05, 0.1) is 12.1 Å². The molecule has 0 saturated heterocycles. The Morgan fingerprint density at radius 3 is 2.19 bits per heavy atom. The maximum Gasteiger partial charge on any atom is 0.115 e. The van der Waals surface area contributed by atoms with E-state index in [2.05, 4.69) is 36.1 Å². The Balaban J connectivity index is 2.97. The van der Waals surface area contributed by atoms with Crippen LogP contribution < -0.4 is 5.32 Å². The zero-order chi connectivity index (χ0) is 12.2. The van der Waals surface area contributed by atoms with Gasteiger partial charge in [-0.25, -0.2) is 9.97 Å². The van der Waals surface area contributed by atoms with Crippen molar-refractivity contribution in [1.82, 2.24) is 15.3 Å². The van der Waals surface area contributed by atoms with Gasteiger partial charge in [-0.1, -0.05) is 20.8 Å². The lowest BCUT2D eigenvalue weighted by Crippen LogP contribution is -2.40. The Hall–Kier alpha value is -1.00. The van der Waals surface area contributed by atoms with Crippen molar-refractivity contribution in [2.45, 2.75) is 32.9 Å². The van der Waals surface area contributed by atoms with E-state index in [-0.39, 0.29) is 17.6 Å². The summed E-state index contributed by atoms with van der Waals surface area (Å²) in [7, 11) is 3.67. The molecule has 2 atom stereocenters. The summed E-state index contributed by atoms with van der Waals surface area (Å²) in [4.78, 5) is 8.09. The third-order valence-corrected chi connectivity index (χ3v) is 2.66. The topological polar surface area (TPSA) is 47.0 Å². The Morgan fingerprint density at radius 1 is 1.25 bits per heavy atom. The minimum atomic E-state index is 0.0538. The lowest BCUT2D eigenvalue weighted by Gasteiger charge is -2.35. The smallest absolute Gasteiger partial charge is 0.115 e. The first-order valence-corrected chi connectivity index (χ1v) is 5.45. The maximum atomic E-state index is 5.60. The van der Waals surface area contributed by atoms with Crippen LogP contribution in [0.2, 0.25) is 0 Å². The van der Waals surface area contributed by atoms with Crippen molar-refractivity contribution in [3.63, 3.8) is 0 Å². The Kier molecular flexibility index (Phi) is 4.38. The first-order valence-electron chi connectivity index (χ1n) is 5.45. The molecule has 16 heavy (non-hydrogen) atoms. The molecule has 0 aliphatic rings. The van der Waals surface area contributed by atoms with Gasteiger partial charge < -0.3 is 10.1 Å². The molecule has 4 nitrogen and oxygen atoms in total. The van der Waals surface area contributed by atoms with Gasteiger partial charge in [0.2, 0.25) is 0 Å². The minimum absolute atomic E-state index is 0.0538. The SMILES string of the molecule is CNC(c1cncnc1)C(OC)C(C)(C)C. The lowest BCUT2D eigenvalue weighted by atomic mass is 9.82. The fourth-order valence-electron chi connectivity index (χ4n) is 1.95. The van der Waals surface area contributed by atoms with E-state index in [0.29, 0.717) is 0 Å². The molecule has 1 aromatic rings. The monoisotopic (exact) mass is 223 g/mol. The normalized spacial score (nSPS) is 15.8. The summed E-state index contributed by atoms with van der Waals surface area (Å²) in [6, 6.07) is 0.103. The van der Waals surface area contributed by atoms with Crippen LogP contribution in [0.15, 0.2) is 18.7 Å². The van der Waals surface area contributed by atoms with E-state index < -0.39 is 0 Å². The second kappa shape index (κ2) is 5.37. The first-order chi connectivity index (χ1) is 7.50. The van der Waals surface area contributed by atoms with E-state index in [1.807, 2.05) is 19.4 Å². The van der Waals surface area contributed by atoms with Gasteiger partial charge in [-0.2, -0.15) is 0 Å². The van der Waals surface area contributed by atoms with Gasteiger partial charge >= 0.3 is 0 Å². The molecule has 1 N–H and O–H groups in total. The number of ether oxygens (including phenoxy) is 1. The van der Waals surface area contributed by atoms with Gasteiger partial charge in [0.25, 0.3) is 0 Å². The van der Waals surface area contributed by atoms with Gasteiger partial charge in [0.15, 0.2) is 0 Å². The zero-order valence-corrected chi connectivity index (χ0v) is 10.7. The van der Waals surface area contributed by atoms with E-state index in [9.17, 15) is 0 Å². The molecule has 0 aliphatic heterocycles. The molecule has 0 radical (unpaired) electrons. The van der Waals surface area contributed by atoms with Crippen molar-refractivity contribution in [2.24, 2.45) is 5.41 Å². The van der Waals surface area contributed by atoms with Crippen molar-refractivity contribution in [3.8, 4) is 0 Å². The highest BCUT2D eigenvalue weighted by Gasteiger charge is 2.32. The number of aromatic nitrogens is 2. The number of rotatable bonds is 4. The molecule has 0 aromatic carbocycles. The van der Waals surface area contributed by atoms with Gasteiger partial charge in [-0.3, -0.25) is 0 Å². The largest absolute Gasteiger partial charge is 0.379 e. The van der Waals surface area contributed by atoms with Crippen molar-refractivity contribution < 1.29 is 4.74 Å². The van der Waals surface area contributed by atoms with Crippen LogP contribution in [0, 0.1) is 5.41 Å². The average molecular weight is 223 g/mol. The van der Waals surface area contributed by atoms with Gasteiger partial charge in [0, 0.05) is 25.1 Å². The van der Waals surface area contributed by atoms with Crippen molar-refractivity contribution in [2.75, 3.05) is 14.2 Å². The Labute approximate surface area is 97.5 Å². The molecular weight excluding hydrogens is 202 g/mol. The quantitative estimate of drug-likeness (QED) is 0.845. The van der Waals surface area contributed by atoms with E-state index in [1.165, 1.54) is 6.33 Å². The van der Waals surface area contributed by atoms with Crippen LogP contribution in [0.5, 0.6) is 0 Å². The molecule has 2 unspecified atom stereocenters. The zero-order valence-electron chi connectivity index (χ0n) is 10.7. The van der Waals surface area contributed by atoms with Gasteiger partial charge in [0.1, 0.15) is 6.33 Å². The summed E-state index contributed by atoms with van der Waals surface area (Å²) >= 11 is 0. The van der Waals surface area contributed by atoms with Crippen LogP contribution in [0.3, 0.4) is 0 Å². The van der Waals surface area contributed by atoms with E-state index >= 15 is 0 Å². The minimum Gasteiger partial charge on any atom is -0.379 e. The molecule has 0 aliphatic carbocycles. The molecule has 90 valence electrons. The number of hydrogen-bond donors (Lipinski definition) is 1. The van der Waals surface area contributed by atoms with Crippen LogP contribution in [0.1, 0.15) is 32.4 Å². The van der Waals surface area contributed by atoms with Crippen LogP contribution in [-0.2, 0) is 4.74 Å². The molecule has 0 amide bonds. The summed E-state index contributed by atoms with van der Waals surface area (Å²) < 4.78 is 5.60. The number of nitrogens with one attached hydrogen (secondary N) is 1. The third-order valence-electron chi connectivity index (χ3n) is 2.66. The summed E-state index contributed by atoms with van der Waals surface area (Å²) in [5.74, 6) is 0. The highest BCUT2D eigenvalue weighted by Crippen LogP contribution is 2.31. The average Bonchev–Trinajstić information content (AvgIpc) is 2.25. The number of likely N-dealkylation sites (N-methyl/N-ethyl adjacent to an activating group) is 1. The van der Waals surface area contributed by atoms with Crippen molar-refractivity contribution >= 4 is 0 Å². The molecule has 1 aromatic heterocycles. The number of methoxy groups -OCH3 is 1. The van der Waals surface area contributed by atoms with Crippen LogP contribution in [0.4, 0.5) is 0 Å². The predicted octanol–water partition coefficient (Wildman–Crippen LogP) is 1.80. The Bertz CT molecular complexity index is 308. The summed E-state index contributed by atoms with van der Waals surface area (Å²) in [6.45, 7) is 6.49. The first kappa shape index (κ1) is 13.1. The summed E-state index contributed by atoms with van der Waals surface area (Å²) in [6.07, 6.45) is 5.26. The lowest BCUT2D eigenvalue weighted by molar-refractivity contribution is -0.0103. The van der Waals surface area contributed by atoms with E-state index in [0.717, 1.165) is 5.56 Å². The fraction of sp³-hybridized carbons (Fsp3) is 0.667. The third kappa shape index (κ3) is 3.00. The van der Waals surface area contributed by atoms with Crippen LogP contribution >= 0.6 is 0 Å². The predicted molar refractivity (Wildman–Crippen MR) is 64.1 cm³/mol. The summed E-state index contributed by atoms with van der Waals surface area (Å²) in [5, 5.41) is 3.27. The maximum absolute atomic E-state index is 5.60. The number of hydrogen-bond acceptors (Lipinski definition) is 4. The molecule has 1 rings (SSSR count). The molecule has 4 heteroatoms. The standard InChI is InChI=1S/C12H21N3O/c1-12(2,3)11(16-5)10(13-4)9-6-14-8-15-7-9/h6-8,10-11,13H,1-5H3. The molecular formula is C12H21N3O. The van der Waals surface area contributed by atoms with E-state index in [1.54, 1.807) is 7.11 Å². The highest BCUT2D eigenvalue weighted by molar-refractivity contribution is 5.12.